The molecule has 0 bridgehead atoms. The molecular weight excluding hydrogens is 528 g/mol. The smallest absolute Gasteiger partial charge is 0.419 e. The molecule has 1 fully saturated rings. The first kappa shape index (κ1) is 29.3. The van der Waals surface area contributed by atoms with E-state index in [1.165, 1.54) is 6.07 Å². The molecule has 216 valence electrons. The lowest BCUT2D eigenvalue weighted by molar-refractivity contribution is -0.140. The van der Waals surface area contributed by atoms with Crippen LogP contribution >= 0.6 is 0 Å². The van der Waals surface area contributed by atoms with E-state index in [1.807, 2.05) is 49.7 Å². The van der Waals surface area contributed by atoms with Crippen molar-refractivity contribution in [2.24, 2.45) is 5.41 Å². The molecule has 8 nitrogen and oxygen atoms in total. The van der Waals surface area contributed by atoms with Gasteiger partial charge >= 0.3 is 6.18 Å². The number of nitrogens with one attached hydrogen (secondary N) is 3. The molecule has 2 heterocycles. The predicted octanol–water partition coefficient (Wildman–Crippen LogP) is 5.74. The van der Waals surface area contributed by atoms with Gasteiger partial charge in [-0.3, -0.25) is 10.2 Å². The number of hydrogen-bond donors (Lipinski definition) is 3. The van der Waals surface area contributed by atoms with Crippen LogP contribution in [0.1, 0.15) is 57.7 Å². The number of anilines is 2. The lowest BCUT2D eigenvalue weighted by Gasteiger charge is -2.38. The molecule has 1 amide bonds. The first-order valence-electron chi connectivity index (χ1n) is 13.1. The summed E-state index contributed by atoms with van der Waals surface area (Å²) in [6.07, 6.45) is -1.85. The second-order valence-corrected chi connectivity index (χ2v) is 11.0. The fourth-order valence-corrected chi connectivity index (χ4v) is 5.05. The molecule has 0 spiro atoms. The van der Waals surface area contributed by atoms with Crippen molar-refractivity contribution in [1.82, 2.24) is 25.6 Å². The van der Waals surface area contributed by atoms with Crippen molar-refractivity contribution in [3.05, 3.63) is 65.7 Å². The number of amides is 1. The summed E-state index contributed by atoms with van der Waals surface area (Å²) in [5, 5.41) is 7.69. The number of carbonyl (C=O) groups is 1. The zero-order valence-corrected chi connectivity index (χ0v) is 22.9. The first-order valence-corrected chi connectivity index (χ1v) is 13.1. The summed E-state index contributed by atoms with van der Waals surface area (Å²) in [6, 6.07) is 10.4. The van der Waals surface area contributed by atoms with Gasteiger partial charge in [0.05, 0.1) is 28.8 Å². The van der Waals surface area contributed by atoms with Crippen molar-refractivity contribution in [3.8, 4) is 5.75 Å². The summed E-state index contributed by atoms with van der Waals surface area (Å²) in [5.74, 6) is -0.711. The van der Waals surface area contributed by atoms with Crippen LogP contribution in [-0.2, 0) is 22.9 Å². The zero-order valence-electron chi connectivity index (χ0n) is 22.9. The number of halogens is 4. The molecule has 0 atom stereocenters. The van der Waals surface area contributed by atoms with Crippen molar-refractivity contribution < 1.29 is 27.1 Å². The van der Waals surface area contributed by atoms with Gasteiger partial charge in [0.2, 0.25) is 5.91 Å². The third kappa shape index (κ3) is 6.55. The van der Waals surface area contributed by atoms with Gasteiger partial charge in [-0.1, -0.05) is 12.1 Å². The van der Waals surface area contributed by atoms with Crippen LogP contribution < -0.4 is 20.9 Å². The largest absolute Gasteiger partial charge is 0.487 e. The minimum Gasteiger partial charge on any atom is -0.487 e. The first-order chi connectivity index (χ1) is 18.8. The third-order valence-electron chi connectivity index (χ3n) is 7.03. The molecule has 1 saturated carbocycles. The Morgan fingerprint density at radius 2 is 1.80 bits per heavy atom. The number of pyridine rings is 1. The van der Waals surface area contributed by atoms with Gasteiger partial charge in [-0.05, 0) is 70.7 Å². The van der Waals surface area contributed by atoms with Crippen LogP contribution in [-0.4, -0.2) is 33.8 Å². The average Bonchev–Trinajstić information content (AvgIpc) is 3.35. The van der Waals surface area contributed by atoms with Gasteiger partial charge in [0.25, 0.3) is 0 Å². The van der Waals surface area contributed by atoms with E-state index in [9.17, 15) is 22.4 Å². The number of aromatic nitrogens is 3. The molecule has 1 aromatic carbocycles. The fraction of sp³-hybridized carbons (Fsp3) is 0.464. The SMILES string of the molecule is CNNC(=O)C1(Cc2cccc(Nc3ccnn3C(C)(C)C)n2)CCC(Oc2cccc(C(F)(F)F)c2F)CC1. The number of hydrazine groups is 1. The highest BCUT2D eigenvalue weighted by atomic mass is 19.4. The molecule has 0 radical (unpaired) electrons. The molecule has 1 aliphatic rings. The molecule has 0 aliphatic heterocycles. The Balaban J connectivity index is 1.50. The molecule has 3 N–H and O–H groups in total. The molecule has 2 aromatic heterocycles. The van der Waals surface area contributed by atoms with Gasteiger partial charge in [-0.25, -0.2) is 19.5 Å². The Hall–Kier alpha value is -3.67. The summed E-state index contributed by atoms with van der Waals surface area (Å²) in [7, 11) is 1.60. The molecular formula is C28H34F4N6O2. The van der Waals surface area contributed by atoms with Crippen LogP contribution in [0.2, 0.25) is 0 Å². The molecule has 1 aliphatic carbocycles. The topological polar surface area (TPSA) is 93.1 Å². The maximum atomic E-state index is 14.5. The molecule has 3 aromatic rings. The summed E-state index contributed by atoms with van der Waals surface area (Å²) in [5.41, 5.74) is 3.62. The number of rotatable bonds is 8. The van der Waals surface area contributed by atoms with E-state index in [4.69, 9.17) is 9.72 Å². The van der Waals surface area contributed by atoms with Crippen molar-refractivity contribution >= 4 is 17.5 Å². The maximum Gasteiger partial charge on any atom is 0.419 e. The normalized spacial score (nSPS) is 19.8. The van der Waals surface area contributed by atoms with Crippen molar-refractivity contribution in [1.29, 1.82) is 0 Å². The number of nitrogens with zero attached hydrogens (tertiary/aromatic N) is 3. The second-order valence-electron chi connectivity index (χ2n) is 11.0. The molecule has 12 heteroatoms. The lowest BCUT2D eigenvalue weighted by atomic mass is 9.69. The minimum atomic E-state index is -4.82. The van der Waals surface area contributed by atoms with Gasteiger partial charge < -0.3 is 10.1 Å². The lowest BCUT2D eigenvalue weighted by Crippen LogP contribution is -2.49. The highest BCUT2D eigenvalue weighted by molar-refractivity contribution is 5.82. The van der Waals surface area contributed by atoms with Crippen molar-refractivity contribution in [2.75, 3.05) is 12.4 Å². The second kappa shape index (κ2) is 11.4. The van der Waals surface area contributed by atoms with E-state index in [0.717, 1.165) is 11.9 Å². The van der Waals surface area contributed by atoms with E-state index >= 15 is 0 Å². The number of benzene rings is 1. The number of hydrogen-bond acceptors (Lipinski definition) is 6. The van der Waals surface area contributed by atoms with E-state index in [0.29, 0.717) is 49.7 Å². The quantitative estimate of drug-likeness (QED) is 0.240. The fourth-order valence-electron chi connectivity index (χ4n) is 5.05. The Bertz CT molecular complexity index is 1330. The molecule has 0 saturated heterocycles. The van der Waals surface area contributed by atoms with Crippen LogP contribution in [0.5, 0.6) is 5.75 Å². The van der Waals surface area contributed by atoms with Gasteiger partial charge in [0.15, 0.2) is 11.6 Å². The highest BCUT2D eigenvalue weighted by Gasteiger charge is 2.43. The van der Waals surface area contributed by atoms with Gasteiger partial charge in [0, 0.05) is 25.2 Å². The van der Waals surface area contributed by atoms with E-state index in [2.05, 4.69) is 21.3 Å². The Kier molecular flexibility index (Phi) is 8.38. The maximum absolute atomic E-state index is 14.5. The van der Waals surface area contributed by atoms with Gasteiger partial charge in [0.1, 0.15) is 11.6 Å². The van der Waals surface area contributed by atoms with Crippen molar-refractivity contribution in [2.45, 2.75) is 70.7 Å². The van der Waals surface area contributed by atoms with E-state index in [-0.39, 0.29) is 11.4 Å². The molecule has 4 rings (SSSR count). The van der Waals surface area contributed by atoms with Crippen LogP contribution in [0.3, 0.4) is 0 Å². The Morgan fingerprint density at radius 3 is 2.45 bits per heavy atom. The monoisotopic (exact) mass is 562 g/mol. The van der Waals surface area contributed by atoms with E-state index < -0.39 is 34.8 Å². The molecule has 40 heavy (non-hydrogen) atoms. The summed E-state index contributed by atoms with van der Waals surface area (Å²) in [4.78, 5) is 18.0. The van der Waals surface area contributed by atoms with Gasteiger partial charge in [-0.15, -0.1) is 0 Å². The zero-order chi connectivity index (χ0) is 29.1. The Morgan fingerprint density at radius 1 is 1.10 bits per heavy atom. The molecule has 0 unspecified atom stereocenters. The summed E-state index contributed by atoms with van der Waals surface area (Å²) in [6.45, 7) is 6.13. The average molecular weight is 563 g/mol. The summed E-state index contributed by atoms with van der Waals surface area (Å²) < 4.78 is 61.4. The third-order valence-corrected chi connectivity index (χ3v) is 7.03. The van der Waals surface area contributed by atoms with Crippen LogP contribution in [0, 0.1) is 11.2 Å². The van der Waals surface area contributed by atoms with Crippen LogP contribution in [0.25, 0.3) is 0 Å². The van der Waals surface area contributed by atoms with Crippen LogP contribution in [0.4, 0.5) is 29.2 Å². The van der Waals surface area contributed by atoms with Crippen LogP contribution in [0.15, 0.2) is 48.7 Å². The van der Waals surface area contributed by atoms with Gasteiger partial charge in [-0.2, -0.15) is 18.3 Å². The Labute approximate surface area is 230 Å². The summed E-state index contributed by atoms with van der Waals surface area (Å²) >= 11 is 0. The standard InChI is InChI=1S/C28H34F4N6O2/c1-26(2,3)38-23(13-16-34-38)36-22-10-5-7-18(35-22)17-27(25(39)37-33-4)14-11-19(12-15-27)40-21-9-6-8-20(24(21)29)28(30,31)32/h5-10,13,16,19,33H,11-12,14-15,17H2,1-4H3,(H,35,36)(H,37,39). The number of alkyl halides is 3. The van der Waals surface area contributed by atoms with Crippen molar-refractivity contribution in [3.63, 3.8) is 0 Å². The minimum absolute atomic E-state index is 0.218. The number of ether oxygens (including phenoxy) is 1. The van der Waals surface area contributed by atoms with E-state index in [1.54, 1.807) is 13.2 Å². The number of carbonyl (C=O) groups excluding carboxylic acids is 1. The predicted molar refractivity (Wildman–Crippen MR) is 142 cm³/mol. The highest BCUT2D eigenvalue weighted by Crippen LogP contribution is 2.42.